The van der Waals surface area contributed by atoms with Crippen LogP contribution in [-0.2, 0) is 10.2 Å². The molecule has 2 rings (SSSR count). The van der Waals surface area contributed by atoms with Crippen LogP contribution in [0.25, 0.3) is 0 Å². The van der Waals surface area contributed by atoms with E-state index in [1.807, 2.05) is 13.1 Å². The van der Waals surface area contributed by atoms with Crippen molar-refractivity contribution in [3.63, 3.8) is 0 Å². The Kier molecular flexibility index (Phi) is 4.64. The molecule has 0 aromatic carbocycles. The SMILES string of the molecule is CC(C)(C)c1cnc(SCC(=O)N[C@](C)(C#N)C2CC2)s1. The van der Waals surface area contributed by atoms with Crippen LogP contribution in [0.4, 0.5) is 0 Å². The standard InChI is InChI=1S/C15H21N3OS2/c1-14(2,3)11-7-17-13(21-11)20-8-12(19)18-15(4,9-16)10-5-6-10/h7,10H,5-6,8H2,1-4H3,(H,18,19)/t15-/m1/s1. The first-order valence-corrected chi connectivity index (χ1v) is 8.86. The van der Waals surface area contributed by atoms with Gasteiger partial charge in [0.15, 0.2) is 4.34 Å². The Morgan fingerprint density at radius 2 is 2.19 bits per heavy atom. The van der Waals surface area contributed by atoms with Crippen molar-refractivity contribution in [3.8, 4) is 6.07 Å². The molecule has 1 atom stereocenters. The Bertz CT molecular complexity index is 566. The molecule has 0 radical (unpaired) electrons. The van der Waals surface area contributed by atoms with Crippen LogP contribution in [-0.4, -0.2) is 22.2 Å². The second-order valence-corrected chi connectivity index (χ2v) is 8.92. The van der Waals surface area contributed by atoms with Gasteiger partial charge in [-0.05, 0) is 31.1 Å². The molecule has 0 bridgehead atoms. The van der Waals surface area contributed by atoms with Gasteiger partial charge in [0.2, 0.25) is 5.91 Å². The lowest BCUT2D eigenvalue weighted by atomic mass is 9.96. The van der Waals surface area contributed by atoms with E-state index in [9.17, 15) is 10.1 Å². The topological polar surface area (TPSA) is 65.8 Å². The maximum absolute atomic E-state index is 12.0. The summed E-state index contributed by atoms with van der Waals surface area (Å²) in [6.07, 6.45) is 3.94. The molecule has 1 aromatic heterocycles. The van der Waals surface area contributed by atoms with Crippen molar-refractivity contribution >= 4 is 29.0 Å². The maximum Gasteiger partial charge on any atom is 0.231 e. The van der Waals surface area contributed by atoms with Crippen molar-refractivity contribution in [2.75, 3.05) is 5.75 Å². The molecular formula is C15H21N3OS2. The number of nitrogens with zero attached hydrogens (tertiary/aromatic N) is 2. The molecule has 6 heteroatoms. The van der Waals surface area contributed by atoms with E-state index in [0.29, 0.717) is 11.7 Å². The van der Waals surface area contributed by atoms with Crippen LogP contribution in [0.5, 0.6) is 0 Å². The number of hydrogen-bond acceptors (Lipinski definition) is 5. The highest BCUT2D eigenvalue weighted by Crippen LogP contribution is 2.39. The van der Waals surface area contributed by atoms with Gasteiger partial charge in [-0.1, -0.05) is 32.5 Å². The zero-order valence-corrected chi connectivity index (χ0v) is 14.5. The van der Waals surface area contributed by atoms with Crippen LogP contribution in [0, 0.1) is 17.2 Å². The van der Waals surface area contributed by atoms with E-state index in [1.54, 1.807) is 11.3 Å². The first-order chi connectivity index (χ1) is 9.74. The van der Waals surface area contributed by atoms with Gasteiger partial charge in [-0.2, -0.15) is 5.26 Å². The largest absolute Gasteiger partial charge is 0.337 e. The van der Waals surface area contributed by atoms with E-state index in [4.69, 9.17) is 0 Å². The summed E-state index contributed by atoms with van der Waals surface area (Å²) < 4.78 is 0.903. The van der Waals surface area contributed by atoms with Gasteiger partial charge in [-0.3, -0.25) is 4.79 Å². The summed E-state index contributed by atoms with van der Waals surface area (Å²) >= 11 is 3.07. The normalized spacial score (nSPS) is 17.9. The molecule has 1 amide bonds. The lowest BCUT2D eigenvalue weighted by molar-refractivity contribution is -0.119. The molecule has 1 saturated carbocycles. The molecule has 0 saturated heterocycles. The summed E-state index contributed by atoms with van der Waals surface area (Å²) in [5.41, 5.74) is -0.624. The van der Waals surface area contributed by atoms with E-state index >= 15 is 0 Å². The van der Waals surface area contributed by atoms with Gasteiger partial charge in [0, 0.05) is 11.1 Å². The summed E-state index contributed by atoms with van der Waals surface area (Å²) in [6.45, 7) is 8.26. The highest BCUT2D eigenvalue weighted by Gasteiger charge is 2.42. The Morgan fingerprint density at radius 1 is 1.52 bits per heavy atom. The smallest absolute Gasteiger partial charge is 0.231 e. The van der Waals surface area contributed by atoms with Crippen molar-refractivity contribution in [1.29, 1.82) is 5.26 Å². The molecular weight excluding hydrogens is 302 g/mol. The minimum Gasteiger partial charge on any atom is -0.337 e. The Hall–Kier alpha value is -1.06. The first-order valence-electron chi connectivity index (χ1n) is 7.06. The number of carbonyl (C=O) groups is 1. The lowest BCUT2D eigenvalue weighted by Crippen LogP contribution is -2.47. The van der Waals surface area contributed by atoms with Gasteiger partial charge < -0.3 is 5.32 Å². The number of nitriles is 1. The quantitative estimate of drug-likeness (QED) is 0.844. The summed E-state index contributed by atoms with van der Waals surface area (Å²) in [5, 5.41) is 12.1. The number of thiazole rings is 1. The molecule has 0 spiro atoms. The number of rotatable bonds is 5. The van der Waals surface area contributed by atoms with Gasteiger partial charge in [-0.15, -0.1) is 11.3 Å². The Labute approximate surface area is 134 Å². The fourth-order valence-corrected chi connectivity index (χ4v) is 3.85. The summed E-state index contributed by atoms with van der Waals surface area (Å²) in [5.74, 6) is 0.522. The predicted octanol–water partition coefficient (Wildman–Crippen LogP) is 3.34. The zero-order valence-electron chi connectivity index (χ0n) is 12.9. The van der Waals surface area contributed by atoms with Crippen molar-refractivity contribution in [3.05, 3.63) is 11.1 Å². The van der Waals surface area contributed by atoms with Crippen molar-refractivity contribution in [1.82, 2.24) is 10.3 Å². The van der Waals surface area contributed by atoms with E-state index < -0.39 is 5.54 Å². The third-order valence-corrected chi connectivity index (χ3v) is 6.16. The van der Waals surface area contributed by atoms with E-state index in [2.05, 4.69) is 37.1 Å². The monoisotopic (exact) mass is 323 g/mol. The van der Waals surface area contributed by atoms with Crippen LogP contribution in [0.15, 0.2) is 10.5 Å². The van der Waals surface area contributed by atoms with E-state index in [0.717, 1.165) is 17.2 Å². The van der Waals surface area contributed by atoms with Gasteiger partial charge >= 0.3 is 0 Å². The number of aromatic nitrogens is 1. The van der Waals surface area contributed by atoms with Crippen LogP contribution in [0.1, 0.15) is 45.4 Å². The average Bonchev–Trinajstić information content (AvgIpc) is 3.14. The molecule has 1 aromatic rings. The lowest BCUT2D eigenvalue weighted by Gasteiger charge is -2.22. The Morgan fingerprint density at radius 3 is 2.67 bits per heavy atom. The maximum atomic E-state index is 12.0. The summed E-state index contributed by atoms with van der Waals surface area (Å²) in [6, 6.07) is 2.24. The third-order valence-electron chi connectivity index (χ3n) is 3.58. The fourth-order valence-electron chi connectivity index (χ4n) is 2.01. The fraction of sp³-hybridized carbons (Fsp3) is 0.667. The molecule has 1 fully saturated rings. The molecule has 1 aliphatic carbocycles. The summed E-state index contributed by atoms with van der Waals surface area (Å²) in [4.78, 5) is 17.6. The highest BCUT2D eigenvalue weighted by molar-refractivity contribution is 8.01. The molecule has 1 aliphatic rings. The van der Waals surface area contributed by atoms with E-state index in [1.165, 1.54) is 16.6 Å². The van der Waals surface area contributed by atoms with Crippen LogP contribution in [0.2, 0.25) is 0 Å². The second kappa shape index (κ2) is 5.98. The molecule has 114 valence electrons. The Balaban J connectivity index is 1.87. The minimum absolute atomic E-state index is 0.0874. The summed E-state index contributed by atoms with van der Waals surface area (Å²) in [7, 11) is 0. The van der Waals surface area contributed by atoms with Crippen LogP contribution in [0.3, 0.4) is 0 Å². The van der Waals surface area contributed by atoms with Gasteiger partial charge in [0.05, 0.1) is 11.8 Å². The van der Waals surface area contributed by atoms with Crippen LogP contribution < -0.4 is 5.32 Å². The number of thioether (sulfide) groups is 1. The number of carbonyl (C=O) groups excluding carboxylic acids is 1. The molecule has 4 nitrogen and oxygen atoms in total. The molecule has 0 aliphatic heterocycles. The third kappa shape index (κ3) is 4.21. The number of nitrogens with one attached hydrogen (secondary N) is 1. The molecule has 1 heterocycles. The first kappa shape index (κ1) is 16.3. The van der Waals surface area contributed by atoms with Crippen molar-refractivity contribution in [2.24, 2.45) is 5.92 Å². The van der Waals surface area contributed by atoms with Gasteiger partial charge in [0.25, 0.3) is 0 Å². The number of hydrogen-bond donors (Lipinski definition) is 1. The number of amides is 1. The van der Waals surface area contributed by atoms with Gasteiger partial charge in [0.1, 0.15) is 5.54 Å². The van der Waals surface area contributed by atoms with Crippen LogP contribution >= 0.6 is 23.1 Å². The second-order valence-electron chi connectivity index (χ2n) is 6.67. The van der Waals surface area contributed by atoms with Crippen molar-refractivity contribution in [2.45, 2.75) is 55.8 Å². The average molecular weight is 323 g/mol. The minimum atomic E-state index is -0.711. The van der Waals surface area contributed by atoms with Crippen molar-refractivity contribution < 1.29 is 4.79 Å². The predicted molar refractivity (Wildman–Crippen MR) is 86.4 cm³/mol. The molecule has 1 N–H and O–H groups in total. The zero-order chi connectivity index (χ0) is 15.7. The molecule has 21 heavy (non-hydrogen) atoms. The highest BCUT2D eigenvalue weighted by atomic mass is 32.2. The van der Waals surface area contributed by atoms with Gasteiger partial charge in [-0.25, -0.2) is 4.98 Å². The molecule has 0 unspecified atom stereocenters. The van der Waals surface area contributed by atoms with E-state index in [-0.39, 0.29) is 11.3 Å².